The van der Waals surface area contributed by atoms with E-state index in [0.29, 0.717) is 47.4 Å². The van der Waals surface area contributed by atoms with Crippen LogP contribution in [0.15, 0.2) is 45.6 Å². The van der Waals surface area contributed by atoms with Crippen LogP contribution in [0.2, 0.25) is 5.02 Å². The van der Waals surface area contributed by atoms with E-state index in [2.05, 4.69) is 5.32 Å². The molecule has 1 aliphatic heterocycles. The average Bonchev–Trinajstić information content (AvgIpc) is 2.84. The average molecular weight is 403 g/mol. The predicted molar refractivity (Wildman–Crippen MR) is 104 cm³/mol. The molecule has 8 heteroatoms. The summed E-state index contributed by atoms with van der Waals surface area (Å²) in [7, 11) is 0. The van der Waals surface area contributed by atoms with Crippen LogP contribution in [0, 0.1) is 0 Å². The van der Waals surface area contributed by atoms with Gasteiger partial charge in [-0.2, -0.15) is 0 Å². The Bertz CT molecular complexity index is 1070. The fraction of sp³-hybridized carbons (Fsp3) is 0.300. The first-order chi connectivity index (χ1) is 13.6. The van der Waals surface area contributed by atoms with Crippen molar-refractivity contribution in [3.63, 3.8) is 0 Å². The molecular weight excluding hydrogens is 384 g/mol. The molecule has 1 aliphatic rings. The van der Waals surface area contributed by atoms with Crippen LogP contribution in [-0.2, 0) is 17.9 Å². The Morgan fingerprint density at radius 3 is 2.89 bits per heavy atom. The van der Waals surface area contributed by atoms with E-state index < -0.39 is 5.76 Å². The smallest absolute Gasteiger partial charge is 0.419 e. The standard InChI is InChI=1S/C20H19ClN2O5/c21-14-10-13(11-17-19(14)27-9-3-8-26-17)12-22-18(24)6-7-23-15-4-1-2-5-16(15)28-20(23)25/h1-2,4-5,10-11H,3,6-9,12H2,(H,22,24). The van der Waals surface area contributed by atoms with Crippen molar-refractivity contribution in [3.8, 4) is 11.5 Å². The number of amides is 1. The lowest BCUT2D eigenvalue weighted by molar-refractivity contribution is -0.121. The lowest BCUT2D eigenvalue weighted by atomic mass is 10.2. The van der Waals surface area contributed by atoms with Crippen molar-refractivity contribution in [2.75, 3.05) is 13.2 Å². The molecule has 28 heavy (non-hydrogen) atoms. The van der Waals surface area contributed by atoms with Crippen molar-refractivity contribution in [1.82, 2.24) is 9.88 Å². The zero-order chi connectivity index (χ0) is 19.5. The minimum absolute atomic E-state index is 0.154. The van der Waals surface area contributed by atoms with E-state index in [-0.39, 0.29) is 18.9 Å². The van der Waals surface area contributed by atoms with Crippen LogP contribution in [0.3, 0.4) is 0 Å². The maximum Gasteiger partial charge on any atom is 0.419 e. The summed E-state index contributed by atoms with van der Waals surface area (Å²) in [6.45, 7) is 1.66. The first-order valence-electron chi connectivity index (χ1n) is 9.05. The Kier molecular flexibility index (Phi) is 5.25. The monoisotopic (exact) mass is 402 g/mol. The lowest BCUT2D eigenvalue weighted by Gasteiger charge is -2.12. The Labute approximate surface area is 165 Å². The van der Waals surface area contributed by atoms with Gasteiger partial charge in [-0.1, -0.05) is 23.7 Å². The number of rotatable bonds is 5. The van der Waals surface area contributed by atoms with Crippen molar-refractivity contribution in [1.29, 1.82) is 0 Å². The molecule has 0 unspecified atom stereocenters. The number of hydrogen-bond donors (Lipinski definition) is 1. The summed E-state index contributed by atoms with van der Waals surface area (Å²) in [6.07, 6.45) is 0.945. The number of fused-ring (bicyclic) bond motifs is 2. The summed E-state index contributed by atoms with van der Waals surface area (Å²) < 4.78 is 17.9. The zero-order valence-corrected chi connectivity index (χ0v) is 15.8. The number of carbonyl (C=O) groups excluding carboxylic acids is 1. The number of carbonyl (C=O) groups is 1. The topological polar surface area (TPSA) is 82.7 Å². The molecule has 2 heterocycles. The van der Waals surface area contributed by atoms with Crippen molar-refractivity contribution in [2.24, 2.45) is 0 Å². The van der Waals surface area contributed by atoms with Crippen LogP contribution in [0.25, 0.3) is 11.1 Å². The van der Waals surface area contributed by atoms with Gasteiger partial charge in [0.2, 0.25) is 5.91 Å². The number of nitrogens with zero attached hydrogens (tertiary/aromatic N) is 1. The lowest BCUT2D eigenvalue weighted by Crippen LogP contribution is -2.25. The highest BCUT2D eigenvalue weighted by Gasteiger charge is 2.16. The SMILES string of the molecule is O=C(CCn1c(=O)oc2ccccc21)NCc1cc(Cl)c2c(c1)OCCCO2. The van der Waals surface area contributed by atoms with Gasteiger partial charge in [0, 0.05) is 25.9 Å². The fourth-order valence-corrected chi connectivity index (χ4v) is 3.40. The molecule has 7 nitrogen and oxygen atoms in total. The third kappa shape index (κ3) is 3.84. The summed E-state index contributed by atoms with van der Waals surface area (Å²) in [5.41, 5.74) is 2.00. The second-order valence-corrected chi connectivity index (χ2v) is 6.88. The number of para-hydroxylation sites is 2. The number of ether oxygens (including phenoxy) is 2. The highest BCUT2D eigenvalue weighted by Crippen LogP contribution is 2.37. The molecule has 146 valence electrons. The molecule has 1 N–H and O–H groups in total. The molecule has 0 atom stereocenters. The molecule has 1 amide bonds. The molecule has 0 saturated carbocycles. The quantitative estimate of drug-likeness (QED) is 0.709. The molecule has 3 aromatic rings. The largest absolute Gasteiger partial charge is 0.489 e. The Hall–Kier alpha value is -2.93. The van der Waals surface area contributed by atoms with Gasteiger partial charge in [0.25, 0.3) is 0 Å². The van der Waals surface area contributed by atoms with Gasteiger partial charge < -0.3 is 19.2 Å². The predicted octanol–water partition coefficient (Wildman–Crippen LogP) is 3.12. The molecule has 0 fully saturated rings. The summed E-state index contributed by atoms with van der Waals surface area (Å²) >= 11 is 6.27. The van der Waals surface area contributed by atoms with E-state index in [0.717, 1.165) is 12.0 Å². The van der Waals surface area contributed by atoms with Gasteiger partial charge in [-0.25, -0.2) is 4.79 Å². The first kappa shape index (κ1) is 18.4. The molecule has 0 radical (unpaired) electrons. The Morgan fingerprint density at radius 2 is 2.00 bits per heavy atom. The minimum Gasteiger partial charge on any atom is -0.489 e. The van der Waals surface area contributed by atoms with Crippen LogP contribution in [0.4, 0.5) is 0 Å². The molecule has 1 aromatic heterocycles. The van der Waals surface area contributed by atoms with Crippen LogP contribution < -0.4 is 20.5 Å². The van der Waals surface area contributed by atoms with E-state index in [9.17, 15) is 9.59 Å². The molecular formula is C20H19ClN2O5. The number of halogens is 1. The van der Waals surface area contributed by atoms with Crippen molar-refractivity contribution in [3.05, 3.63) is 57.5 Å². The maximum atomic E-state index is 12.2. The van der Waals surface area contributed by atoms with Gasteiger partial charge >= 0.3 is 5.76 Å². The summed E-state index contributed by atoms with van der Waals surface area (Å²) in [6, 6.07) is 10.7. The van der Waals surface area contributed by atoms with Crippen molar-refractivity contribution >= 4 is 28.6 Å². The molecule has 0 spiro atoms. The Morgan fingerprint density at radius 1 is 1.18 bits per heavy atom. The number of aryl methyl sites for hydroxylation is 1. The Balaban J connectivity index is 1.38. The normalized spacial score (nSPS) is 13.3. The molecule has 2 aromatic carbocycles. The third-order valence-electron chi connectivity index (χ3n) is 4.49. The highest BCUT2D eigenvalue weighted by atomic mass is 35.5. The fourth-order valence-electron chi connectivity index (χ4n) is 3.11. The maximum absolute atomic E-state index is 12.2. The van der Waals surface area contributed by atoms with Gasteiger partial charge in [0.15, 0.2) is 17.1 Å². The zero-order valence-electron chi connectivity index (χ0n) is 15.1. The van der Waals surface area contributed by atoms with E-state index in [1.54, 1.807) is 24.3 Å². The molecule has 4 rings (SSSR count). The number of benzene rings is 2. The van der Waals surface area contributed by atoms with Crippen molar-refractivity contribution < 1.29 is 18.7 Å². The first-order valence-corrected chi connectivity index (χ1v) is 9.43. The number of aromatic nitrogens is 1. The third-order valence-corrected chi connectivity index (χ3v) is 4.77. The van der Waals surface area contributed by atoms with Crippen molar-refractivity contribution in [2.45, 2.75) is 25.9 Å². The van der Waals surface area contributed by atoms with Gasteiger partial charge in [-0.15, -0.1) is 0 Å². The minimum atomic E-state index is -0.469. The van der Waals surface area contributed by atoms with Gasteiger partial charge in [0.05, 0.1) is 23.8 Å². The number of oxazole rings is 1. The van der Waals surface area contributed by atoms with Gasteiger partial charge in [-0.3, -0.25) is 9.36 Å². The van der Waals surface area contributed by atoms with Gasteiger partial charge in [0.1, 0.15) is 0 Å². The molecule has 0 saturated heterocycles. The van der Waals surface area contributed by atoms with Gasteiger partial charge in [-0.05, 0) is 29.8 Å². The highest BCUT2D eigenvalue weighted by molar-refractivity contribution is 6.32. The second kappa shape index (κ2) is 7.98. The summed E-state index contributed by atoms with van der Waals surface area (Å²) in [5, 5.41) is 3.30. The van der Waals surface area contributed by atoms with E-state index >= 15 is 0 Å². The molecule has 0 bridgehead atoms. The van der Waals surface area contributed by atoms with Crippen LogP contribution in [-0.4, -0.2) is 23.7 Å². The number of nitrogens with one attached hydrogen (secondary N) is 1. The van der Waals surface area contributed by atoms with E-state index in [1.807, 2.05) is 12.1 Å². The molecule has 0 aliphatic carbocycles. The van der Waals surface area contributed by atoms with E-state index in [4.69, 9.17) is 25.5 Å². The summed E-state index contributed by atoms with van der Waals surface area (Å²) in [4.78, 5) is 24.2. The van der Waals surface area contributed by atoms with Crippen LogP contribution in [0.5, 0.6) is 11.5 Å². The summed E-state index contributed by atoms with van der Waals surface area (Å²) in [5.74, 6) is 0.482. The van der Waals surface area contributed by atoms with E-state index in [1.165, 1.54) is 4.57 Å². The van der Waals surface area contributed by atoms with Crippen LogP contribution in [0.1, 0.15) is 18.4 Å². The van der Waals surface area contributed by atoms with Crippen LogP contribution >= 0.6 is 11.6 Å². The number of hydrogen-bond acceptors (Lipinski definition) is 5. The second-order valence-electron chi connectivity index (χ2n) is 6.47.